The molecule has 0 fully saturated rings. The third-order valence-corrected chi connectivity index (χ3v) is 2.53. The fraction of sp³-hybridized carbons (Fsp3) is 0.333. The highest BCUT2D eigenvalue weighted by Gasteiger charge is 1.98. The Labute approximate surface area is 95.3 Å². The first-order valence-corrected chi connectivity index (χ1v) is 5.35. The molecule has 0 saturated heterocycles. The lowest BCUT2D eigenvalue weighted by atomic mass is 10.2. The average molecular weight is 216 g/mol. The highest BCUT2D eigenvalue weighted by atomic mass is 15.3. The summed E-state index contributed by atoms with van der Waals surface area (Å²) in [5.41, 5.74) is 3.43. The van der Waals surface area contributed by atoms with Crippen LogP contribution in [0.5, 0.6) is 0 Å². The Bertz CT molecular complexity index is 444. The van der Waals surface area contributed by atoms with Crippen LogP contribution < -0.4 is 5.32 Å². The third kappa shape index (κ3) is 2.67. The van der Waals surface area contributed by atoms with Gasteiger partial charge >= 0.3 is 0 Å². The van der Waals surface area contributed by atoms with E-state index < -0.39 is 0 Å². The van der Waals surface area contributed by atoms with Crippen molar-refractivity contribution in [1.29, 1.82) is 0 Å². The SMILES string of the molecule is Cc1ccc(CNCc2ccnn2C)cn1. The number of aryl methyl sites for hydroxylation is 2. The van der Waals surface area contributed by atoms with Crippen LogP contribution in [0.2, 0.25) is 0 Å². The van der Waals surface area contributed by atoms with Crippen molar-refractivity contribution in [2.45, 2.75) is 20.0 Å². The van der Waals surface area contributed by atoms with Gasteiger partial charge in [-0.25, -0.2) is 0 Å². The van der Waals surface area contributed by atoms with Gasteiger partial charge in [0.15, 0.2) is 0 Å². The molecule has 2 aromatic rings. The normalized spacial score (nSPS) is 10.6. The summed E-state index contributed by atoms with van der Waals surface area (Å²) < 4.78 is 1.88. The fourth-order valence-corrected chi connectivity index (χ4v) is 1.51. The summed E-state index contributed by atoms with van der Waals surface area (Å²) in [6.07, 6.45) is 3.72. The van der Waals surface area contributed by atoms with Gasteiger partial charge in [0.05, 0.1) is 5.69 Å². The molecule has 0 aliphatic rings. The van der Waals surface area contributed by atoms with E-state index in [1.165, 1.54) is 11.3 Å². The van der Waals surface area contributed by atoms with Crippen molar-refractivity contribution in [1.82, 2.24) is 20.1 Å². The van der Waals surface area contributed by atoms with Gasteiger partial charge in [-0.1, -0.05) is 6.07 Å². The molecule has 0 spiro atoms. The van der Waals surface area contributed by atoms with Crippen molar-refractivity contribution in [2.24, 2.45) is 7.05 Å². The number of hydrogen-bond donors (Lipinski definition) is 1. The fourth-order valence-electron chi connectivity index (χ4n) is 1.51. The second-order valence-electron chi connectivity index (χ2n) is 3.86. The van der Waals surface area contributed by atoms with Crippen molar-refractivity contribution in [3.63, 3.8) is 0 Å². The molecule has 0 aliphatic carbocycles. The van der Waals surface area contributed by atoms with Gasteiger partial charge in [0.1, 0.15) is 0 Å². The lowest BCUT2D eigenvalue weighted by Crippen LogP contribution is -2.15. The number of nitrogens with one attached hydrogen (secondary N) is 1. The van der Waals surface area contributed by atoms with E-state index in [1.807, 2.05) is 43.2 Å². The predicted octanol–water partition coefficient (Wildman–Crippen LogP) is 1.41. The van der Waals surface area contributed by atoms with Gasteiger partial charge in [0, 0.05) is 38.2 Å². The van der Waals surface area contributed by atoms with Crippen molar-refractivity contribution < 1.29 is 0 Å². The molecule has 0 amide bonds. The Morgan fingerprint density at radius 3 is 2.75 bits per heavy atom. The zero-order valence-electron chi connectivity index (χ0n) is 9.64. The first kappa shape index (κ1) is 10.8. The molecule has 4 heteroatoms. The van der Waals surface area contributed by atoms with Crippen LogP contribution in [0.15, 0.2) is 30.6 Å². The summed E-state index contributed by atoms with van der Waals surface area (Å²) in [5, 5.41) is 7.48. The molecule has 16 heavy (non-hydrogen) atoms. The summed E-state index contributed by atoms with van der Waals surface area (Å²) in [6.45, 7) is 3.65. The number of hydrogen-bond acceptors (Lipinski definition) is 3. The molecule has 0 saturated carbocycles. The van der Waals surface area contributed by atoms with Gasteiger partial charge in [-0.2, -0.15) is 5.10 Å². The molecule has 0 aromatic carbocycles. The summed E-state index contributed by atoms with van der Waals surface area (Å²) in [4.78, 5) is 4.25. The standard InChI is InChI=1S/C12H16N4/c1-10-3-4-11(8-14-10)7-13-9-12-5-6-15-16(12)2/h3-6,8,13H,7,9H2,1-2H3. The number of nitrogens with zero attached hydrogens (tertiary/aromatic N) is 3. The molecule has 0 bridgehead atoms. The van der Waals surface area contributed by atoms with Crippen molar-refractivity contribution >= 4 is 0 Å². The molecule has 4 nitrogen and oxygen atoms in total. The highest BCUT2D eigenvalue weighted by Crippen LogP contribution is 2.00. The lowest BCUT2D eigenvalue weighted by molar-refractivity contribution is 0.625. The Morgan fingerprint density at radius 1 is 1.25 bits per heavy atom. The maximum atomic E-state index is 4.25. The van der Waals surface area contributed by atoms with E-state index in [2.05, 4.69) is 21.5 Å². The lowest BCUT2D eigenvalue weighted by Gasteiger charge is -2.05. The van der Waals surface area contributed by atoms with Gasteiger partial charge < -0.3 is 5.32 Å². The predicted molar refractivity (Wildman–Crippen MR) is 62.7 cm³/mol. The van der Waals surface area contributed by atoms with E-state index in [0.29, 0.717) is 0 Å². The molecule has 0 radical (unpaired) electrons. The molecular weight excluding hydrogens is 200 g/mol. The maximum absolute atomic E-state index is 4.25. The van der Waals surface area contributed by atoms with Crippen molar-refractivity contribution in [2.75, 3.05) is 0 Å². The van der Waals surface area contributed by atoms with E-state index >= 15 is 0 Å². The second-order valence-corrected chi connectivity index (χ2v) is 3.86. The minimum absolute atomic E-state index is 0.824. The molecule has 84 valence electrons. The molecule has 1 N–H and O–H groups in total. The number of aromatic nitrogens is 3. The van der Waals surface area contributed by atoms with Crippen LogP contribution in [0.4, 0.5) is 0 Å². The van der Waals surface area contributed by atoms with E-state index in [9.17, 15) is 0 Å². The molecule has 2 rings (SSSR count). The Kier molecular flexibility index (Phi) is 3.31. The minimum atomic E-state index is 0.824. The Hall–Kier alpha value is -1.68. The summed E-state index contributed by atoms with van der Waals surface area (Å²) in [7, 11) is 1.95. The zero-order chi connectivity index (χ0) is 11.4. The number of pyridine rings is 1. The quantitative estimate of drug-likeness (QED) is 0.840. The average Bonchev–Trinajstić information content (AvgIpc) is 2.68. The second kappa shape index (κ2) is 4.90. The topological polar surface area (TPSA) is 42.7 Å². The highest BCUT2D eigenvalue weighted by molar-refractivity contribution is 5.13. The van der Waals surface area contributed by atoms with E-state index in [4.69, 9.17) is 0 Å². The first-order valence-electron chi connectivity index (χ1n) is 5.35. The van der Waals surface area contributed by atoms with Gasteiger partial charge in [0.2, 0.25) is 0 Å². The maximum Gasteiger partial charge on any atom is 0.0518 e. The molecule has 2 aromatic heterocycles. The van der Waals surface area contributed by atoms with E-state index in [0.717, 1.165) is 18.8 Å². The minimum Gasteiger partial charge on any atom is -0.307 e. The van der Waals surface area contributed by atoms with Crippen LogP contribution >= 0.6 is 0 Å². The summed E-state index contributed by atoms with van der Waals surface area (Å²) >= 11 is 0. The molecule has 2 heterocycles. The van der Waals surface area contributed by atoms with Crippen LogP contribution in [0, 0.1) is 6.92 Å². The van der Waals surface area contributed by atoms with Crippen LogP contribution in [0.3, 0.4) is 0 Å². The molecule has 0 unspecified atom stereocenters. The smallest absolute Gasteiger partial charge is 0.0518 e. The van der Waals surface area contributed by atoms with Crippen molar-refractivity contribution in [3.05, 3.63) is 47.5 Å². The van der Waals surface area contributed by atoms with Gasteiger partial charge in [-0.05, 0) is 24.6 Å². The van der Waals surface area contributed by atoms with Crippen LogP contribution in [-0.2, 0) is 20.1 Å². The first-order chi connectivity index (χ1) is 7.75. The summed E-state index contributed by atoms with van der Waals surface area (Å²) in [5.74, 6) is 0. The van der Waals surface area contributed by atoms with E-state index in [-0.39, 0.29) is 0 Å². The van der Waals surface area contributed by atoms with Crippen LogP contribution in [-0.4, -0.2) is 14.8 Å². The monoisotopic (exact) mass is 216 g/mol. The van der Waals surface area contributed by atoms with Gasteiger partial charge in [0.25, 0.3) is 0 Å². The molecular formula is C12H16N4. The largest absolute Gasteiger partial charge is 0.307 e. The Morgan fingerprint density at radius 2 is 2.12 bits per heavy atom. The molecule has 0 atom stereocenters. The van der Waals surface area contributed by atoms with Gasteiger partial charge in [-0.3, -0.25) is 9.67 Å². The molecule has 0 aliphatic heterocycles. The van der Waals surface area contributed by atoms with Crippen LogP contribution in [0.1, 0.15) is 17.0 Å². The van der Waals surface area contributed by atoms with Crippen LogP contribution in [0.25, 0.3) is 0 Å². The van der Waals surface area contributed by atoms with Gasteiger partial charge in [-0.15, -0.1) is 0 Å². The van der Waals surface area contributed by atoms with Crippen molar-refractivity contribution in [3.8, 4) is 0 Å². The third-order valence-electron chi connectivity index (χ3n) is 2.53. The van der Waals surface area contributed by atoms with E-state index in [1.54, 1.807) is 0 Å². The summed E-state index contributed by atoms with van der Waals surface area (Å²) in [6, 6.07) is 6.14. The Balaban J connectivity index is 1.84. The number of rotatable bonds is 4. The zero-order valence-corrected chi connectivity index (χ0v) is 9.64.